The van der Waals surface area contributed by atoms with Gasteiger partial charge in [-0.25, -0.2) is 8.42 Å². The van der Waals surface area contributed by atoms with Crippen molar-refractivity contribution in [2.45, 2.75) is 25.5 Å². The number of benzene rings is 2. The van der Waals surface area contributed by atoms with Crippen molar-refractivity contribution in [2.24, 2.45) is 0 Å². The lowest BCUT2D eigenvalue weighted by molar-refractivity contribution is 0.109. The Kier molecular flexibility index (Phi) is 6.14. The highest BCUT2D eigenvalue weighted by Crippen LogP contribution is 2.36. The first kappa shape index (κ1) is 21.9. The molecule has 2 aromatic carbocycles. The van der Waals surface area contributed by atoms with Crippen LogP contribution in [0.5, 0.6) is 5.75 Å². The van der Waals surface area contributed by atoms with Crippen molar-refractivity contribution in [3.63, 3.8) is 0 Å². The largest absolute Gasteiger partial charge is 0.497 e. The molecule has 2 atom stereocenters. The van der Waals surface area contributed by atoms with Crippen LogP contribution in [0.25, 0.3) is 0 Å². The Balaban J connectivity index is 1.36. The Morgan fingerprint density at radius 3 is 2.39 bits per heavy atom. The second-order valence-corrected chi connectivity index (χ2v) is 10.4. The van der Waals surface area contributed by atoms with Gasteiger partial charge in [0.05, 0.1) is 25.2 Å². The molecule has 0 saturated carbocycles. The summed E-state index contributed by atoms with van der Waals surface area (Å²) in [6, 6.07) is 13.7. The number of aliphatic hydroxyl groups is 1. The van der Waals surface area contributed by atoms with Crippen molar-refractivity contribution in [1.29, 1.82) is 0 Å². The summed E-state index contributed by atoms with van der Waals surface area (Å²) in [5, 5.41) is 10.8. The number of methoxy groups -OCH3 is 1. The summed E-state index contributed by atoms with van der Waals surface area (Å²) in [5.41, 5.74) is 3.75. The highest BCUT2D eigenvalue weighted by molar-refractivity contribution is 7.92. The average Bonchev–Trinajstić information content (AvgIpc) is 3.09. The third-order valence-corrected chi connectivity index (χ3v) is 7.51. The van der Waals surface area contributed by atoms with Crippen molar-refractivity contribution in [3.05, 3.63) is 53.6 Å². The van der Waals surface area contributed by atoms with Crippen LogP contribution in [-0.2, 0) is 16.4 Å². The Hall–Kier alpha value is -2.29. The van der Waals surface area contributed by atoms with Gasteiger partial charge in [-0.05, 0) is 54.8 Å². The molecule has 0 aromatic heterocycles. The van der Waals surface area contributed by atoms with E-state index in [4.69, 9.17) is 4.74 Å². The van der Waals surface area contributed by atoms with Gasteiger partial charge in [-0.15, -0.1) is 0 Å². The molecule has 0 bridgehead atoms. The smallest absolute Gasteiger partial charge is 0.232 e. The van der Waals surface area contributed by atoms with Crippen molar-refractivity contribution in [1.82, 2.24) is 4.90 Å². The predicted octanol–water partition coefficient (Wildman–Crippen LogP) is 2.26. The number of β-amino-alcohol motifs (C(OH)–C–C–N with tert-alkyl or cyclic N) is 1. The van der Waals surface area contributed by atoms with Gasteiger partial charge in [-0.2, -0.15) is 0 Å². The van der Waals surface area contributed by atoms with E-state index in [1.807, 2.05) is 37.3 Å². The molecule has 0 spiro atoms. The average molecular weight is 446 g/mol. The molecule has 1 fully saturated rings. The predicted molar refractivity (Wildman–Crippen MR) is 124 cm³/mol. The maximum absolute atomic E-state index is 12.1. The van der Waals surface area contributed by atoms with Gasteiger partial charge in [0.2, 0.25) is 10.0 Å². The number of fused-ring (bicyclic) bond motifs is 1. The summed E-state index contributed by atoms with van der Waals surface area (Å²) in [4.78, 5) is 4.63. The molecule has 8 heteroatoms. The minimum absolute atomic E-state index is 0.0941. The minimum Gasteiger partial charge on any atom is -0.497 e. The Morgan fingerprint density at radius 1 is 1.10 bits per heavy atom. The topological polar surface area (TPSA) is 73.3 Å². The molecule has 2 aliphatic rings. The van der Waals surface area contributed by atoms with E-state index in [0.717, 1.165) is 48.7 Å². The maximum atomic E-state index is 12.1. The number of nitrogens with zero attached hydrogens (tertiary/aromatic N) is 3. The van der Waals surface area contributed by atoms with E-state index < -0.39 is 16.1 Å². The number of hydrogen-bond donors (Lipinski definition) is 1. The molecular weight excluding hydrogens is 414 g/mol. The molecule has 4 rings (SSSR count). The van der Waals surface area contributed by atoms with E-state index in [0.29, 0.717) is 13.0 Å². The minimum atomic E-state index is -3.30. The zero-order valence-electron chi connectivity index (χ0n) is 18.4. The van der Waals surface area contributed by atoms with Gasteiger partial charge >= 0.3 is 0 Å². The normalized spacial score (nSPS) is 20.6. The number of rotatable bonds is 6. The maximum Gasteiger partial charge on any atom is 0.232 e. The number of sulfonamides is 1. The lowest BCUT2D eigenvalue weighted by atomic mass is 10.0. The fraction of sp³-hybridized carbons (Fsp3) is 0.478. The first-order valence-corrected chi connectivity index (χ1v) is 12.5. The zero-order valence-corrected chi connectivity index (χ0v) is 19.2. The van der Waals surface area contributed by atoms with E-state index in [-0.39, 0.29) is 6.04 Å². The Morgan fingerprint density at radius 2 is 1.77 bits per heavy atom. The first-order chi connectivity index (χ1) is 14.8. The number of piperazine rings is 1. The van der Waals surface area contributed by atoms with Crippen LogP contribution in [0.15, 0.2) is 42.5 Å². The van der Waals surface area contributed by atoms with Gasteiger partial charge in [0.1, 0.15) is 5.75 Å². The fourth-order valence-corrected chi connectivity index (χ4v) is 5.93. The number of ether oxygens (including phenoxy) is 1. The molecule has 7 nitrogen and oxygen atoms in total. The first-order valence-electron chi connectivity index (χ1n) is 10.7. The second-order valence-electron chi connectivity index (χ2n) is 8.50. The van der Waals surface area contributed by atoms with E-state index in [1.54, 1.807) is 7.11 Å². The molecule has 168 valence electrons. The quantitative estimate of drug-likeness (QED) is 0.735. The number of anilines is 2. The van der Waals surface area contributed by atoms with Crippen LogP contribution < -0.4 is 13.9 Å². The molecule has 0 radical (unpaired) electrons. The van der Waals surface area contributed by atoms with Crippen molar-refractivity contribution in [2.75, 3.05) is 55.3 Å². The summed E-state index contributed by atoms with van der Waals surface area (Å²) < 4.78 is 30.9. The van der Waals surface area contributed by atoms with E-state index in [1.165, 1.54) is 16.2 Å². The van der Waals surface area contributed by atoms with Crippen molar-refractivity contribution < 1.29 is 18.3 Å². The highest BCUT2D eigenvalue weighted by atomic mass is 32.2. The molecule has 2 heterocycles. The van der Waals surface area contributed by atoms with Gasteiger partial charge in [-0.1, -0.05) is 12.1 Å². The van der Waals surface area contributed by atoms with E-state index >= 15 is 0 Å². The fourth-order valence-electron chi connectivity index (χ4n) is 4.67. The van der Waals surface area contributed by atoms with Crippen LogP contribution >= 0.6 is 0 Å². The van der Waals surface area contributed by atoms with Crippen LogP contribution in [0.3, 0.4) is 0 Å². The van der Waals surface area contributed by atoms with Crippen molar-refractivity contribution in [3.8, 4) is 5.75 Å². The van der Waals surface area contributed by atoms with Gasteiger partial charge in [0, 0.05) is 44.5 Å². The van der Waals surface area contributed by atoms with E-state index in [9.17, 15) is 13.5 Å². The molecule has 1 N–H and O–H groups in total. The molecule has 0 unspecified atom stereocenters. The summed E-state index contributed by atoms with van der Waals surface area (Å²) in [6.07, 6.45) is 1.32. The summed E-state index contributed by atoms with van der Waals surface area (Å²) in [5.74, 6) is 0.855. The van der Waals surface area contributed by atoms with Crippen LogP contribution in [0.4, 0.5) is 11.4 Å². The highest BCUT2D eigenvalue weighted by Gasteiger charge is 2.33. The Bertz CT molecular complexity index is 1020. The van der Waals surface area contributed by atoms with Gasteiger partial charge in [0.15, 0.2) is 0 Å². The molecule has 2 aromatic rings. The summed E-state index contributed by atoms with van der Waals surface area (Å²) in [6.45, 7) is 6.06. The summed E-state index contributed by atoms with van der Waals surface area (Å²) in [7, 11) is -1.63. The molecular formula is C23H31N3O4S. The standard InChI is InChI=1S/C23H31N3O4S/c1-17-14-19-15-18(4-9-22(19)26(17)31(3,28)29)23(27)16-24-10-12-25(13-11-24)20-5-7-21(30-2)8-6-20/h4-9,15,17,23,27H,10-14,16H2,1-3H3/t17-,23-/m1/s1. The van der Waals surface area contributed by atoms with Crippen LogP contribution in [-0.4, -0.2) is 70.6 Å². The molecule has 2 aliphatic heterocycles. The SMILES string of the molecule is COc1ccc(N2CCN(C[C@@H](O)c3ccc4c(c3)C[C@@H](C)N4S(C)(=O)=O)CC2)cc1. The van der Waals surface area contributed by atoms with Gasteiger partial charge in [0.25, 0.3) is 0 Å². The van der Waals surface area contributed by atoms with Gasteiger partial charge < -0.3 is 14.7 Å². The molecule has 31 heavy (non-hydrogen) atoms. The number of aliphatic hydroxyl groups excluding tert-OH is 1. The third-order valence-electron chi connectivity index (χ3n) is 6.24. The Labute approximate surface area is 184 Å². The molecule has 1 saturated heterocycles. The monoisotopic (exact) mass is 445 g/mol. The zero-order chi connectivity index (χ0) is 22.2. The summed E-state index contributed by atoms with van der Waals surface area (Å²) >= 11 is 0. The van der Waals surface area contributed by atoms with Crippen molar-refractivity contribution >= 4 is 21.4 Å². The van der Waals surface area contributed by atoms with Crippen LogP contribution in [0.2, 0.25) is 0 Å². The second kappa shape index (κ2) is 8.68. The third kappa shape index (κ3) is 4.66. The van der Waals surface area contributed by atoms with E-state index in [2.05, 4.69) is 21.9 Å². The lowest BCUT2D eigenvalue weighted by Gasteiger charge is -2.37. The molecule has 0 amide bonds. The number of hydrogen-bond acceptors (Lipinski definition) is 6. The van der Waals surface area contributed by atoms with Crippen LogP contribution in [0.1, 0.15) is 24.2 Å². The van der Waals surface area contributed by atoms with Gasteiger partial charge in [-0.3, -0.25) is 9.21 Å². The molecule has 0 aliphatic carbocycles. The van der Waals surface area contributed by atoms with Crippen LogP contribution in [0, 0.1) is 0 Å². The lowest BCUT2D eigenvalue weighted by Crippen LogP contribution is -2.47.